The molecule has 1 aromatic carbocycles. The number of fused-ring (bicyclic) bond motifs is 1. The zero-order valence-corrected chi connectivity index (χ0v) is 12.9. The van der Waals surface area contributed by atoms with Gasteiger partial charge in [-0.25, -0.2) is 14.5 Å². The lowest BCUT2D eigenvalue weighted by Gasteiger charge is -2.04. The monoisotopic (exact) mass is 330 g/mol. The lowest BCUT2D eigenvalue weighted by Crippen LogP contribution is -2.19. The van der Waals surface area contributed by atoms with Crippen molar-refractivity contribution in [3.05, 3.63) is 30.3 Å². The van der Waals surface area contributed by atoms with E-state index < -0.39 is 6.09 Å². The zero-order valence-electron chi connectivity index (χ0n) is 12.9. The number of rotatable bonds is 4. The van der Waals surface area contributed by atoms with Gasteiger partial charge in [-0.15, -0.1) is 5.10 Å². The van der Waals surface area contributed by atoms with E-state index in [4.69, 9.17) is 4.42 Å². The number of nitrogens with one attached hydrogen (secondary N) is 2. The minimum absolute atomic E-state index is 0.0661. The van der Waals surface area contributed by atoms with Gasteiger partial charge in [0.05, 0.1) is 13.3 Å². The van der Waals surface area contributed by atoms with Gasteiger partial charge in [0, 0.05) is 18.7 Å². The summed E-state index contributed by atoms with van der Waals surface area (Å²) in [6.45, 7) is 1.69. The molecule has 0 fully saturated rings. The largest absolute Gasteiger partial charge is 0.453 e. The van der Waals surface area contributed by atoms with Crippen LogP contribution < -0.4 is 10.6 Å². The topological polar surface area (TPSA) is 124 Å². The second-order valence-corrected chi connectivity index (χ2v) is 4.88. The van der Waals surface area contributed by atoms with Crippen LogP contribution in [-0.4, -0.2) is 39.1 Å². The number of anilines is 2. The van der Waals surface area contributed by atoms with E-state index >= 15 is 0 Å². The molecule has 0 radical (unpaired) electrons. The van der Waals surface area contributed by atoms with Crippen LogP contribution in [0.2, 0.25) is 0 Å². The van der Waals surface area contributed by atoms with Crippen LogP contribution in [0.25, 0.3) is 11.1 Å². The SMILES string of the molecule is COC(=O)Nc1cn(CC(=O)Nc2ccc3nc(C)oc3c2)nn1. The van der Waals surface area contributed by atoms with E-state index in [0.717, 1.165) is 5.52 Å². The summed E-state index contributed by atoms with van der Waals surface area (Å²) in [5.74, 6) is 0.440. The van der Waals surface area contributed by atoms with Gasteiger partial charge < -0.3 is 14.5 Å². The predicted octanol–water partition coefficient (Wildman–Crippen LogP) is 1.54. The molecule has 124 valence electrons. The van der Waals surface area contributed by atoms with Crippen LogP contribution in [0.3, 0.4) is 0 Å². The Hall–Kier alpha value is -3.43. The standard InChI is InChI=1S/C14H14N6O4/c1-8-15-10-4-3-9(5-11(10)24-8)16-13(21)7-20-6-12(18-19-20)17-14(22)23-2/h3-6H,7H2,1-2H3,(H,16,21)(H,17,22). The van der Waals surface area contributed by atoms with Gasteiger partial charge in [0.25, 0.3) is 0 Å². The van der Waals surface area contributed by atoms with Gasteiger partial charge in [-0.2, -0.15) is 0 Å². The number of methoxy groups -OCH3 is 1. The third-order valence-corrected chi connectivity index (χ3v) is 3.04. The Bertz CT molecular complexity index is 900. The number of oxazole rings is 1. The summed E-state index contributed by atoms with van der Waals surface area (Å²) >= 11 is 0. The first-order chi connectivity index (χ1) is 11.5. The number of benzene rings is 1. The number of hydrogen-bond donors (Lipinski definition) is 2. The highest BCUT2D eigenvalue weighted by Gasteiger charge is 2.10. The van der Waals surface area contributed by atoms with Crippen molar-refractivity contribution < 1.29 is 18.7 Å². The highest BCUT2D eigenvalue weighted by Crippen LogP contribution is 2.19. The predicted molar refractivity (Wildman–Crippen MR) is 83.4 cm³/mol. The van der Waals surface area contributed by atoms with E-state index in [1.54, 1.807) is 25.1 Å². The quantitative estimate of drug-likeness (QED) is 0.743. The summed E-state index contributed by atoms with van der Waals surface area (Å²) in [4.78, 5) is 27.3. The molecule has 10 heteroatoms. The van der Waals surface area contributed by atoms with E-state index in [2.05, 4.69) is 30.7 Å². The molecule has 0 aliphatic heterocycles. The fraction of sp³-hybridized carbons (Fsp3) is 0.214. The average Bonchev–Trinajstić information content (AvgIpc) is 3.11. The molecule has 0 bridgehead atoms. The summed E-state index contributed by atoms with van der Waals surface area (Å²) in [5, 5.41) is 12.5. The van der Waals surface area contributed by atoms with Crippen LogP contribution in [0.5, 0.6) is 0 Å². The van der Waals surface area contributed by atoms with E-state index in [1.165, 1.54) is 18.0 Å². The summed E-state index contributed by atoms with van der Waals surface area (Å²) < 4.78 is 11.1. The van der Waals surface area contributed by atoms with Crippen molar-refractivity contribution in [3.63, 3.8) is 0 Å². The minimum atomic E-state index is -0.665. The third kappa shape index (κ3) is 3.48. The van der Waals surface area contributed by atoms with Crippen LogP contribution in [0.4, 0.5) is 16.3 Å². The molecule has 24 heavy (non-hydrogen) atoms. The van der Waals surface area contributed by atoms with Crippen molar-refractivity contribution in [2.45, 2.75) is 13.5 Å². The highest BCUT2D eigenvalue weighted by molar-refractivity contribution is 5.92. The van der Waals surface area contributed by atoms with Crippen molar-refractivity contribution in [1.82, 2.24) is 20.0 Å². The fourth-order valence-electron chi connectivity index (χ4n) is 2.05. The lowest BCUT2D eigenvalue weighted by atomic mass is 10.3. The van der Waals surface area contributed by atoms with Crippen molar-refractivity contribution >= 4 is 34.6 Å². The van der Waals surface area contributed by atoms with E-state index in [-0.39, 0.29) is 18.3 Å². The number of ether oxygens (including phenoxy) is 1. The minimum Gasteiger partial charge on any atom is -0.453 e. The molecule has 0 spiro atoms. The number of aromatic nitrogens is 4. The van der Waals surface area contributed by atoms with E-state index in [9.17, 15) is 9.59 Å². The first-order valence-electron chi connectivity index (χ1n) is 6.95. The second-order valence-electron chi connectivity index (χ2n) is 4.88. The maximum absolute atomic E-state index is 12.1. The molecule has 2 amide bonds. The molecule has 0 saturated heterocycles. The maximum Gasteiger partial charge on any atom is 0.412 e. The zero-order chi connectivity index (χ0) is 17.1. The smallest absolute Gasteiger partial charge is 0.412 e. The molecule has 3 rings (SSSR count). The van der Waals surface area contributed by atoms with Gasteiger partial charge in [0.1, 0.15) is 12.1 Å². The molecular formula is C14H14N6O4. The van der Waals surface area contributed by atoms with Crippen molar-refractivity contribution in [3.8, 4) is 0 Å². The Morgan fingerprint density at radius 1 is 1.33 bits per heavy atom. The van der Waals surface area contributed by atoms with E-state index in [1.807, 2.05) is 0 Å². The van der Waals surface area contributed by atoms with Crippen LogP contribution in [0, 0.1) is 6.92 Å². The number of carbonyl (C=O) groups is 2. The first kappa shape index (κ1) is 15.5. The highest BCUT2D eigenvalue weighted by atomic mass is 16.5. The summed E-state index contributed by atoms with van der Waals surface area (Å²) in [5.41, 5.74) is 1.90. The van der Waals surface area contributed by atoms with Gasteiger partial charge >= 0.3 is 6.09 Å². The molecule has 2 aromatic heterocycles. The summed E-state index contributed by atoms with van der Waals surface area (Å²) in [6.07, 6.45) is 0.752. The Labute approximate surface area is 135 Å². The number of nitrogens with zero attached hydrogens (tertiary/aromatic N) is 4. The average molecular weight is 330 g/mol. The Kier molecular flexibility index (Phi) is 4.10. The Morgan fingerprint density at radius 3 is 2.96 bits per heavy atom. The molecule has 0 aliphatic rings. The third-order valence-electron chi connectivity index (χ3n) is 3.04. The molecule has 3 aromatic rings. The molecule has 0 unspecified atom stereocenters. The van der Waals surface area contributed by atoms with Crippen molar-refractivity contribution in [2.24, 2.45) is 0 Å². The van der Waals surface area contributed by atoms with E-state index in [0.29, 0.717) is 17.2 Å². The van der Waals surface area contributed by atoms with Gasteiger partial charge in [-0.05, 0) is 12.1 Å². The second kappa shape index (κ2) is 6.36. The molecule has 0 saturated carbocycles. The Balaban J connectivity index is 1.63. The Morgan fingerprint density at radius 2 is 2.17 bits per heavy atom. The fourth-order valence-corrected chi connectivity index (χ4v) is 2.05. The van der Waals surface area contributed by atoms with Gasteiger partial charge in [-0.3, -0.25) is 10.1 Å². The molecule has 2 N–H and O–H groups in total. The van der Waals surface area contributed by atoms with Crippen LogP contribution in [0.15, 0.2) is 28.8 Å². The van der Waals surface area contributed by atoms with Crippen LogP contribution in [-0.2, 0) is 16.1 Å². The summed E-state index contributed by atoms with van der Waals surface area (Å²) in [6, 6.07) is 5.18. The molecule has 10 nitrogen and oxygen atoms in total. The molecule has 2 heterocycles. The van der Waals surface area contributed by atoms with Crippen LogP contribution >= 0.6 is 0 Å². The number of carbonyl (C=O) groups excluding carboxylic acids is 2. The molecule has 0 atom stereocenters. The number of hydrogen-bond acceptors (Lipinski definition) is 7. The maximum atomic E-state index is 12.1. The number of aryl methyl sites for hydroxylation is 1. The normalized spacial score (nSPS) is 10.6. The number of amides is 2. The van der Waals surface area contributed by atoms with Crippen molar-refractivity contribution in [1.29, 1.82) is 0 Å². The van der Waals surface area contributed by atoms with Crippen molar-refractivity contribution in [2.75, 3.05) is 17.7 Å². The molecular weight excluding hydrogens is 316 g/mol. The van der Waals surface area contributed by atoms with Gasteiger partial charge in [0.15, 0.2) is 17.3 Å². The molecule has 0 aliphatic carbocycles. The van der Waals surface area contributed by atoms with Gasteiger partial charge in [0.2, 0.25) is 5.91 Å². The lowest BCUT2D eigenvalue weighted by molar-refractivity contribution is -0.116. The van der Waals surface area contributed by atoms with Crippen LogP contribution in [0.1, 0.15) is 5.89 Å². The first-order valence-corrected chi connectivity index (χ1v) is 6.95. The van der Waals surface area contributed by atoms with Gasteiger partial charge in [-0.1, -0.05) is 5.21 Å². The summed E-state index contributed by atoms with van der Waals surface area (Å²) in [7, 11) is 1.24.